The van der Waals surface area contributed by atoms with Crippen LogP contribution >= 0.6 is 0 Å². The Morgan fingerprint density at radius 1 is 0.759 bits per heavy atom. The third kappa shape index (κ3) is 128. The molecule has 1 fully saturated rings. The smallest absolute Gasteiger partial charge is 0.759 e. The van der Waals surface area contributed by atoms with Gasteiger partial charge in [0.2, 0.25) is 0 Å². The second kappa shape index (κ2) is 23.2. The summed E-state index contributed by atoms with van der Waals surface area (Å²) in [6.07, 6.45) is 4.24. The average molecular weight is 565 g/mol. The van der Waals surface area contributed by atoms with Crippen LogP contribution in [0, 0.1) is 0 Å². The number of nitrogens with zero attached hydrogens (tertiary/aromatic N) is 1. The van der Waals surface area contributed by atoms with E-state index in [4.69, 9.17) is 64.0 Å². The minimum atomic E-state index is -5.17. The van der Waals surface area contributed by atoms with Crippen molar-refractivity contribution in [2.24, 2.45) is 11.5 Å². The predicted octanol–water partition coefficient (Wildman–Crippen LogP) is -3.62. The second-order valence-corrected chi connectivity index (χ2v) is 7.08. The molecule has 0 spiro atoms. The van der Waals surface area contributed by atoms with Gasteiger partial charge < -0.3 is 43.7 Å². The molecule has 0 aromatic rings. The molecule has 15 nitrogen and oxygen atoms in total. The van der Waals surface area contributed by atoms with Gasteiger partial charge in [-0.1, -0.05) is 6.42 Å². The van der Waals surface area contributed by atoms with Crippen molar-refractivity contribution in [3.8, 4) is 0 Å². The molecule has 1 aliphatic heterocycles. The van der Waals surface area contributed by atoms with E-state index in [1.165, 1.54) is 25.8 Å². The van der Waals surface area contributed by atoms with E-state index in [2.05, 4.69) is 18.9 Å². The first-order chi connectivity index (χ1) is 11.7. The molecule has 4 N–H and O–H groups in total. The molecule has 1 rings (SSSR count). The molecule has 29 heavy (non-hydrogen) atoms. The fourth-order valence-electron chi connectivity index (χ4n) is 1.24. The fourth-order valence-corrected chi connectivity index (χ4v) is 1.24. The van der Waals surface area contributed by atoms with Gasteiger partial charge in [0.1, 0.15) is 0 Å². The topological polar surface area (TPSA) is 296 Å². The third-order valence-corrected chi connectivity index (χ3v) is 2.30. The summed E-state index contributed by atoms with van der Waals surface area (Å²) in [5.41, 5.74) is 9.81. The first kappa shape index (κ1) is 43.4. The van der Waals surface area contributed by atoms with Crippen molar-refractivity contribution in [2.75, 3.05) is 26.7 Å². The summed E-state index contributed by atoms with van der Waals surface area (Å²) in [6.45, 7) is 4.81. The van der Waals surface area contributed by atoms with E-state index in [0.29, 0.717) is 13.1 Å². The summed E-state index contributed by atoms with van der Waals surface area (Å²) in [5, 5.41) is 0. The Hall–Kier alpha value is 0.555. The van der Waals surface area contributed by atoms with Crippen LogP contribution in [0.4, 0.5) is 0 Å². The van der Waals surface area contributed by atoms with Crippen molar-refractivity contribution in [3.63, 3.8) is 0 Å². The second-order valence-electron chi connectivity index (χ2n) is 4.63. The minimum absolute atomic E-state index is 0. The van der Waals surface area contributed by atoms with Gasteiger partial charge in [0, 0.05) is 50.3 Å². The summed E-state index contributed by atoms with van der Waals surface area (Å²) in [6, 6.07) is 0.837. The van der Waals surface area contributed by atoms with Crippen LogP contribution in [-0.4, -0.2) is 90.2 Å². The number of hydrogen-bond donors (Lipinski definition) is 2. The molecule has 0 saturated carbocycles. The summed E-state index contributed by atoms with van der Waals surface area (Å²) in [5.74, 6) is 0. The molecular formula is C9H23Cr2N3O12S3. The Bertz CT molecular complexity index is 537. The van der Waals surface area contributed by atoms with Crippen molar-refractivity contribution in [1.82, 2.24) is 4.90 Å². The molecule has 2 radical (unpaired) electrons. The zero-order chi connectivity index (χ0) is 22.9. The van der Waals surface area contributed by atoms with Gasteiger partial charge in [-0.2, -0.15) is 0 Å². The molecule has 176 valence electrons. The van der Waals surface area contributed by atoms with Crippen molar-refractivity contribution >= 4 is 31.2 Å². The molecule has 0 bridgehead atoms. The molecular weight excluding hydrogens is 542 g/mol. The van der Waals surface area contributed by atoms with E-state index in [0.717, 1.165) is 6.04 Å². The van der Waals surface area contributed by atoms with Crippen molar-refractivity contribution in [3.05, 3.63) is 0 Å². The van der Waals surface area contributed by atoms with Gasteiger partial charge in [-0.25, -0.2) is 0 Å². The number of nitrogens with two attached hydrogens (primary N) is 2. The standard InChI is InChI=1S/C7H15N.C2H8N2.2Cr.3H2O4S/c1-7-5-3-4-6-8(7)2;3-1-2-4;;;3*1-5(2,3)4/h7H,3-6H2,1-2H3;1-4H2;;;3*(H2,1,2,3,4)/q;;2*+3;;;/p-6. The first-order valence-corrected chi connectivity index (χ1v) is 10.8. The average Bonchev–Trinajstić information content (AvgIpc) is 2.37. The summed E-state index contributed by atoms with van der Waals surface area (Å²) >= 11 is 0. The van der Waals surface area contributed by atoms with Gasteiger partial charge in [-0.15, -0.1) is 0 Å². The largest absolute Gasteiger partial charge is 3.00 e. The molecule has 0 aromatic carbocycles. The number of piperidine rings is 1. The van der Waals surface area contributed by atoms with Crippen LogP contribution in [0.25, 0.3) is 0 Å². The van der Waals surface area contributed by atoms with Gasteiger partial charge in [-0.3, -0.25) is 25.3 Å². The molecule has 1 atom stereocenters. The zero-order valence-electron chi connectivity index (χ0n) is 15.4. The summed E-state index contributed by atoms with van der Waals surface area (Å²) in [4.78, 5) is 2.43. The number of rotatable bonds is 1. The van der Waals surface area contributed by atoms with Crippen molar-refractivity contribution in [1.29, 1.82) is 0 Å². The molecule has 1 aliphatic rings. The molecule has 1 unspecified atom stereocenters. The van der Waals surface area contributed by atoms with Crippen LogP contribution < -0.4 is 11.5 Å². The summed E-state index contributed by atoms with van der Waals surface area (Å²) < 4.78 is 102. The van der Waals surface area contributed by atoms with E-state index in [1.54, 1.807) is 0 Å². The Morgan fingerprint density at radius 3 is 1.10 bits per heavy atom. The van der Waals surface area contributed by atoms with Crippen molar-refractivity contribution < 1.29 is 87.3 Å². The van der Waals surface area contributed by atoms with E-state index < -0.39 is 31.2 Å². The number of likely N-dealkylation sites (tertiary alicyclic amines) is 1. The van der Waals surface area contributed by atoms with E-state index in [1.807, 2.05) is 0 Å². The molecule has 1 saturated heterocycles. The number of hydrogen-bond acceptors (Lipinski definition) is 15. The SMILES string of the molecule is CC1CCCCN1C.NCCN.O=S(=O)([O-])[O-].O=S(=O)([O-])[O-].O=S(=O)([O-])[O-].[Cr+3].[Cr+3]. The maximum Gasteiger partial charge on any atom is 3.00 e. The van der Waals surface area contributed by atoms with E-state index in [9.17, 15) is 0 Å². The van der Waals surface area contributed by atoms with Crippen LogP contribution in [0.2, 0.25) is 0 Å². The Kier molecular flexibility index (Phi) is 34.8. The molecule has 1 heterocycles. The Labute approximate surface area is 193 Å². The normalized spacial score (nSPS) is 16.1. The first-order valence-electron chi connectivity index (χ1n) is 6.82. The zero-order valence-corrected chi connectivity index (χ0v) is 20.4. The van der Waals surface area contributed by atoms with Crippen LogP contribution in [-0.2, 0) is 65.9 Å². The maximum atomic E-state index is 8.52. The maximum absolute atomic E-state index is 8.52. The van der Waals surface area contributed by atoms with Gasteiger partial charge >= 0.3 is 34.7 Å². The van der Waals surface area contributed by atoms with Crippen molar-refractivity contribution in [2.45, 2.75) is 32.2 Å². The summed E-state index contributed by atoms with van der Waals surface area (Å²) in [7, 11) is -13.3. The molecule has 0 aliphatic carbocycles. The predicted molar refractivity (Wildman–Crippen MR) is 85.5 cm³/mol. The molecule has 0 amide bonds. The Balaban J connectivity index is -0.0000000576. The van der Waals surface area contributed by atoms with E-state index in [-0.39, 0.29) is 34.7 Å². The van der Waals surface area contributed by atoms with Gasteiger partial charge in [-0.05, 0) is 33.4 Å². The van der Waals surface area contributed by atoms with Crippen LogP contribution in [0.15, 0.2) is 0 Å². The van der Waals surface area contributed by atoms with Crippen LogP contribution in [0.1, 0.15) is 26.2 Å². The minimum Gasteiger partial charge on any atom is -0.759 e. The quantitative estimate of drug-likeness (QED) is 0.229. The molecule has 0 aromatic heterocycles. The van der Waals surface area contributed by atoms with Gasteiger partial charge in [0.25, 0.3) is 0 Å². The monoisotopic (exact) mass is 565 g/mol. The third-order valence-electron chi connectivity index (χ3n) is 2.30. The fraction of sp³-hybridized carbons (Fsp3) is 1.00. The van der Waals surface area contributed by atoms with Gasteiger partial charge in [0.15, 0.2) is 0 Å². The van der Waals surface area contributed by atoms with Crippen LogP contribution in [0.5, 0.6) is 0 Å². The van der Waals surface area contributed by atoms with Crippen LogP contribution in [0.3, 0.4) is 0 Å². The van der Waals surface area contributed by atoms with Gasteiger partial charge in [0.05, 0.1) is 0 Å². The van der Waals surface area contributed by atoms with E-state index >= 15 is 0 Å². The molecule has 20 heteroatoms. The Morgan fingerprint density at radius 2 is 1.00 bits per heavy atom.